The Balaban J connectivity index is -0.0000000800. The summed E-state index contributed by atoms with van der Waals surface area (Å²) in [6.07, 6.45) is 0. The quantitative estimate of drug-likeness (QED) is 0.335. The predicted molar refractivity (Wildman–Crippen MR) is 14.6 cm³/mol. The van der Waals surface area contributed by atoms with Crippen molar-refractivity contribution in [1.82, 2.24) is 0 Å². The third kappa shape index (κ3) is 135. The smallest absolute Gasteiger partial charge is 0.368 e. The Labute approximate surface area is 64.9 Å². The molecule has 0 aromatic heterocycles. The van der Waals surface area contributed by atoms with E-state index in [0.29, 0.717) is 0 Å². The van der Waals surface area contributed by atoms with Crippen molar-refractivity contribution in [3.8, 4) is 0 Å². The minimum Gasteiger partial charge on any atom is -0.368 e. The van der Waals surface area contributed by atoms with Crippen LogP contribution in [0.25, 0.3) is 0 Å². The van der Waals surface area contributed by atoms with E-state index in [-0.39, 0.29) is 36.5 Å². The van der Waals surface area contributed by atoms with E-state index in [1.165, 1.54) is 0 Å². The molecule has 42 valence electrons. The molecule has 0 aromatic rings. The molecule has 0 aromatic carbocycles. The van der Waals surface area contributed by atoms with Gasteiger partial charge in [0.25, 0.3) is 0 Å². The standard InChI is InChI=1S/Fe.H4O4Si.Zn/c;1-5(2,3)4;/h;1-4H;. The van der Waals surface area contributed by atoms with E-state index in [0.717, 1.165) is 0 Å². The van der Waals surface area contributed by atoms with E-state index >= 15 is 0 Å². The van der Waals surface area contributed by atoms with Crippen molar-refractivity contribution in [1.29, 1.82) is 0 Å². The molecule has 0 bridgehead atoms. The van der Waals surface area contributed by atoms with Gasteiger partial charge in [0.1, 0.15) is 0 Å². The Kier molecular flexibility index (Phi) is 12.0. The van der Waals surface area contributed by atoms with Crippen LogP contribution < -0.4 is 0 Å². The van der Waals surface area contributed by atoms with Gasteiger partial charge in [0.15, 0.2) is 0 Å². The molecule has 4 nitrogen and oxygen atoms in total. The molecule has 7 heteroatoms. The van der Waals surface area contributed by atoms with Crippen LogP contribution in [-0.4, -0.2) is 28.2 Å². The van der Waals surface area contributed by atoms with Crippen molar-refractivity contribution in [2.45, 2.75) is 0 Å². The van der Waals surface area contributed by atoms with Gasteiger partial charge in [-0.15, -0.1) is 0 Å². The number of hydrogen-bond acceptors (Lipinski definition) is 4. The normalized spacial score (nSPS) is 8.57. The second-order valence-corrected chi connectivity index (χ2v) is 1.80. The second-order valence-electron chi connectivity index (χ2n) is 0.600. The molecule has 0 aliphatic rings. The van der Waals surface area contributed by atoms with Crippen LogP contribution in [-0.2, 0) is 36.5 Å². The summed E-state index contributed by atoms with van der Waals surface area (Å²) < 4.78 is 0. The molecule has 0 heterocycles. The molecule has 0 spiro atoms. The molecule has 0 aliphatic heterocycles. The fourth-order valence-electron chi connectivity index (χ4n) is 0. The summed E-state index contributed by atoms with van der Waals surface area (Å²) in [6.45, 7) is 0. The van der Waals surface area contributed by atoms with Gasteiger partial charge in [0, 0.05) is 36.5 Å². The van der Waals surface area contributed by atoms with E-state index in [9.17, 15) is 0 Å². The number of hydrogen-bond donors (Lipinski definition) is 4. The van der Waals surface area contributed by atoms with Crippen LogP contribution in [0.1, 0.15) is 0 Å². The monoisotopic (exact) mass is 216 g/mol. The minimum atomic E-state index is -4.61. The van der Waals surface area contributed by atoms with Crippen LogP contribution in [0.2, 0.25) is 0 Å². The Bertz CT molecular complexity index is 27.2. The van der Waals surface area contributed by atoms with E-state index in [4.69, 9.17) is 19.2 Å². The molecule has 0 radical (unpaired) electrons. The molecule has 7 heavy (non-hydrogen) atoms. The van der Waals surface area contributed by atoms with Crippen molar-refractivity contribution in [3.05, 3.63) is 0 Å². The zero-order valence-corrected chi connectivity index (χ0v) is 8.42. The predicted octanol–water partition coefficient (Wildman–Crippen LogP) is -2.61. The minimum absolute atomic E-state index is 0. The molecule has 0 saturated carbocycles. The molecule has 0 unspecified atom stereocenters. The molecule has 0 rings (SSSR count). The van der Waals surface area contributed by atoms with Crippen molar-refractivity contribution < 1.29 is 55.7 Å². The van der Waals surface area contributed by atoms with Crippen molar-refractivity contribution in [2.24, 2.45) is 0 Å². The summed E-state index contributed by atoms with van der Waals surface area (Å²) in [5.41, 5.74) is 0. The molecule has 0 aliphatic carbocycles. The van der Waals surface area contributed by atoms with Gasteiger partial charge >= 0.3 is 9.05 Å². The molecular weight excluding hydrogens is 213 g/mol. The van der Waals surface area contributed by atoms with Gasteiger partial charge in [-0.05, 0) is 0 Å². The van der Waals surface area contributed by atoms with Crippen molar-refractivity contribution in [2.75, 3.05) is 0 Å². The second kappa shape index (κ2) is 5.34. The maximum absolute atomic E-state index is 7.33. The van der Waals surface area contributed by atoms with Gasteiger partial charge in [-0.1, -0.05) is 0 Å². The summed E-state index contributed by atoms with van der Waals surface area (Å²) in [5.74, 6) is 0. The summed E-state index contributed by atoms with van der Waals surface area (Å²) in [4.78, 5) is 29.3. The van der Waals surface area contributed by atoms with Gasteiger partial charge in [-0.2, -0.15) is 0 Å². The first-order valence-corrected chi connectivity index (χ1v) is 2.68. The van der Waals surface area contributed by atoms with Crippen LogP contribution in [0, 0.1) is 0 Å². The maximum atomic E-state index is 7.33. The first-order chi connectivity index (χ1) is 2.00. The Hall–Kier alpha value is 1.20. The van der Waals surface area contributed by atoms with Gasteiger partial charge < -0.3 is 19.2 Å². The average Bonchev–Trinajstić information content (AvgIpc) is 0.722. The average molecular weight is 217 g/mol. The zero-order chi connectivity index (χ0) is 4.50. The summed E-state index contributed by atoms with van der Waals surface area (Å²) in [7, 11) is -4.61. The largest absolute Gasteiger partial charge is 0.668 e. The summed E-state index contributed by atoms with van der Waals surface area (Å²) in [6, 6.07) is 0. The Morgan fingerprint density at radius 3 is 0.857 bits per heavy atom. The summed E-state index contributed by atoms with van der Waals surface area (Å²) >= 11 is 0. The topological polar surface area (TPSA) is 80.9 Å². The fraction of sp³-hybridized carbons (Fsp3) is 0. The molecule has 0 atom stereocenters. The Morgan fingerprint density at radius 1 is 0.857 bits per heavy atom. The molecule has 0 amide bonds. The van der Waals surface area contributed by atoms with Crippen LogP contribution in [0.15, 0.2) is 0 Å². The Morgan fingerprint density at radius 2 is 0.857 bits per heavy atom. The molecule has 0 saturated heterocycles. The SMILES string of the molecule is O[Si](O)(O)O.[Fe].[Zn]. The van der Waals surface area contributed by atoms with Crippen LogP contribution in [0.3, 0.4) is 0 Å². The van der Waals surface area contributed by atoms with Crippen molar-refractivity contribution in [3.63, 3.8) is 0 Å². The zero-order valence-electron chi connectivity index (χ0n) is 3.35. The van der Waals surface area contributed by atoms with Crippen LogP contribution in [0.4, 0.5) is 0 Å². The van der Waals surface area contributed by atoms with E-state index in [1.807, 2.05) is 0 Å². The van der Waals surface area contributed by atoms with Crippen LogP contribution >= 0.6 is 0 Å². The van der Waals surface area contributed by atoms with Gasteiger partial charge in [0.2, 0.25) is 0 Å². The molecular formula is H4FeO4SiZn. The van der Waals surface area contributed by atoms with Crippen molar-refractivity contribution >= 4 is 9.05 Å². The molecule has 4 N–H and O–H groups in total. The van der Waals surface area contributed by atoms with Crippen LogP contribution in [0.5, 0.6) is 0 Å². The summed E-state index contributed by atoms with van der Waals surface area (Å²) in [5, 5.41) is 0. The molecule has 0 fully saturated rings. The number of rotatable bonds is 0. The first kappa shape index (κ1) is 15.7. The van der Waals surface area contributed by atoms with E-state index in [1.54, 1.807) is 0 Å². The van der Waals surface area contributed by atoms with Gasteiger partial charge in [0.05, 0.1) is 0 Å². The fourth-order valence-corrected chi connectivity index (χ4v) is 0. The van der Waals surface area contributed by atoms with E-state index < -0.39 is 9.05 Å². The first-order valence-electron chi connectivity index (χ1n) is 0.894. The van der Waals surface area contributed by atoms with E-state index in [2.05, 4.69) is 0 Å². The maximum Gasteiger partial charge on any atom is 0.668 e. The van der Waals surface area contributed by atoms with Gasteiger partial charge in [-0.25, -0.2) is 0 Å². The van der Waals surface area contributed by atoms with Gasteiger partial charge in [-0.3, -0.25) is 0 Å². The third-order valence-corrected chi connectivity index (χ3v) is 0. The third-order valence-electron chi connectivity index (χ3n) is 0.